The van der Waals surface area contributed by atoms with Crippen LogP contribution in [-0.2, 0) is 0 Å². The monoisotopic (exact) mass is 356 g/mol. The van der Waals surface area contributed by atoms with Crippen molar-refractivity contribution in [1.82, 2.24) is 10.2 Å². The summed E-state index contributed by atoms with van der Waals surface area (Å²) in [4.78, 5) is 11.1. The molecule has 0 saturated heterocycles. The van der Waals surface area contributed by atoms with Gasteiger partial charge in [0.25, 0.3) is 0 Å². The van der Waals surface area contributed by atoms with Crippen LogP contribution in [-0.4, -0.2) is 21.3 Å². The molecule has 1 N–H and O–H groups in total. The maximum atomic E-state index is 11.1. The molecule has 5 heteroatoms. The average Bonchev–Trinajstić information content (AvgIpc) is 3.18. The molecule has 0 bridgehead atoms. The molecule has 0 atom stereocenters. The van der Waals surface area contributed by atoms with Crippen molar-refractivity contribution in [2.24, 2.45) is 0 Å². The Morgan fingerprint density at radius 1 is 0.815 bits per heavy atom. The van der Waals surface area contributed by atoms with Gasteiger partial charge in [-0.15, -0.1) is 10.2 Å². The Labute approximate surface area is 155 Å². The fourth-order valence-electron chi connectivity index (χ4n) is 2.95. The van der Waals surface area contributed by atoms with E-state index >= 15 is 0 Å². The Morgan fingerprint density at radius 2 is 1.56 bits per heavy atom. The van der Waals surface area contributed by atoms with E-state index in [-0.39, 0.29) is 5.56 Å². The minimum absolute atomic E-state index is 0.177. The summed E-state index contributed by atoms with van der Waals surface area (Å²) in [5.41, 5.74) is 4.88. The quantitative estimate of drug-likeness (QED) is 0.552. The van der Waals surface area contributed by atoms with Crippen LogP contribution < -0.4 is 0 Å². The summed E-state index contributed by atoms with van der Waals surface area (Å²) in [7, 11) is 0. The van der Waals surface area contributed by atoms with Gasteiger partial charge in [0.1, 0.15) is 0 Å². The first-order chi connectivity index (χ1) is 13.1. The Bertz CT molecular complexity index is 1120. The average molecular weight is 356 g/mol. The van der Waals surface area contributed by atoms with Crippen LogP contribution in [0.15, 0.2) is 77.2 Å². The highest BCUT2D eigenvalue weighted by molar-refractivity contribution is 5.89. The van der Waals surface area contributed by atoms with Gasteiger partial charge in [0.15, 0.2) is 0 Å². The van der Waals surface area contributed by atoms with E-state index in [9.17, 15) is 4.79 Å². The van der Waals surface area contributed by atoms with Crippen molar-refractivity contribution in [2.75, 3.05) is 0 Å². The lowest BCUT2D eigenvalue weighted by molar-refractivity contribution is 0.0697. The van der Waals surface area contributed by atoms with E-state index in [1.165, 1.54) is 12.1 Å². The molecule has 0 unspecified atom stereocenters. The van der Waals surface area contributed by atoms with Crippen LogP contribution in [0.5, 0.6) is 0 Å². The molecule has 1 heterocycles. The lowest BCUT2D eigenvalue weighted by atomic mass is 10.00. The third kappa shape index (κ3) is 3.35. The van der Waals surface area contributed by atoms with Crippen LogP contribution in [0.2, 0.25) is 0 Å². The first-order valence-electron chi connectivity index (χ1n) is 8.45. The second-order valence-corrected chi connectivity index (χ2v) is 6.19. The van der Waals surface area contributed by atoms with Crippen LogP contribution in [0.25, 0.3) is 34.0 Å². The number of carbonyl (C=O) groups is 1. The molecule has 1 aromatic heterocycles. The van der Waals surface area contributed by atoms with Gasteiger partial charge < -0.3 is 9.52 Å². The number of hydrogen-bond donors (Lipinski definition) is 1. The van der Waals surface area contributed by atoms with Gasteiger partial charge in [-0.25, -0.2) is 4.79 Å². The number of nitrogens with zero attached hydrogens (tertiary/aromatic N) is 2. The first kappa shape index (κ1) is 16.7. The first-order valence-corrected chi connectivity index (χ1v) is 8.45. The van der Waals surface area contributed by atoms with Crippen molar-refractivity contribution in [3.63, 3.8) is 0 Å². The van der Waals surface area contributed by atoms with Gasteiger partial charge in [0, 0.05) is 11.1 Å². The normalized spacial score (nSPS) is 10.7. The second-order valence-electron chi connectivity index (χ2n) is 6.19. The van der Waals surface area contributed by atoms with Crippen LogP contribution in [0.3, 0.4) is 0 Å². The molecule has 5 nitrogen and oxygen atoms in total. The third-order valence-electron chi connectivity index (χ3n) is 4.35. The van der Waals surface area contributed by atoms with Crippen molar-refractivity contribution in [3.8, 4) is 34.0 Å². The number of benzene rings is 3. The molecular weight excluding hydrogens is 340 g/mol. The summed E-state index contributed by atoms with van der Waals surface area (Å²) >= 11 is 0. The highest BCUT2D eigenvalue weighted by Crippen LogP contribution is 2.30. The molecule has 27 heavy (non-hydrogen) atoms. The Hall–Kier alpha value is -3.73. The number of aromatic carboxylic acids is 1. The fraction of sp³-hybridized carbons (Fsp3) is 0.0455. The topological polar surface area (TPSA) is 76.2 Å². The van der Waals surface area contributed by atoms with E-state index in [0.29, 0.717) is 17.3 Å². The van der Waals surface area contributed by atoms with Crippen molar-refractivity contribution in [2.45, 2.75) is 6.92 Å². The van der Waals surface area contributed by atoms with Crippen molar-refractivity contribution in [1.29, 1.82) is 0 Å². The molecule has 0 aliphatic carbocycles. The predicted molar refractivity (Wildman–Crippen MR) is 102 cm³/mol. The SMILES string of the molecule is Cc1cc(-c2ccccc2)ccc1-c1nnc(-c2cccc(C(=O)O)c2)o1. The molecule has 132 valence electrons. The molecule has 0 spiro atoms. The number of hydrogen-bond acceptors (Lipinski definition) is 4. The summed E-state index contributed by atoms with van der Waals surface area (Å²) < 4.78 is 5.80. The summed E-state index contributed by atoms with van der Waals surface area (Å²) in [5, 5.41) is 17.3. The highest BCUT2D eigenvalue weighted by Gasteiger charge is 2.14. The van der Waals surface area contributed by atoms with E-state index in [4.69, 9.17) is 9.52 Å². The summed E-state index contributed by atoms with van der Waals surface area (Å²) in [6.07, 6.45) is 0. The number of carboxylic acid groups (broad SMARTS) is 1. The summed E-state index contributed by atoms with van der Waals surface area (Å²) in [5.74, 6) is -0.300. The second kappa shape index (κ2) is 6.88. The minimum atomic E-state index is -0.996. The lowest BCUT2D eigenvalue weighted by Crippen LogP contribution is -1.95. The van der Waals surface area contributed by atoms with E-state index < -0.39 is 5.97 Å². The molecule has 4 aromatic rings. The van der Waals surface area contributed by atoms with Gasteiger partial charge in [-0.2, -0.15) is 0 Å². The molecule has 0 saturated carbocycles. The van der Waals surface area contributed by atoms with E-state index in [1.807, 2.05) is 37.3 Å². The number of rotatable bonds is 4. The molecule has 0 aliphatic rings. The summed E-state index contributed by atoms with van der Waals surface area (Å²) in [6, 6.07) is 22.6. The van der Waals surface area contributed by atoms with Crippen LogP contribution in [0.4, 0.5) is 0 Å². The fourth-order valence-corrected chi connectivity index (χ4v) is 2.95. The maximum Gasteiger partial charge on any atom is 0.335 e. The zero-order valence-corrected chi connectivity index (χ0v) is 14.6. The largest absolute Gasteiger partial charge is 0.478 e. The van der Waals surface area contributed by atoms with E-state index in [1.54, 1.807) is 12.1 Å². The number of aromatic nitrogens is 2. The standard InChI is InChI=1S/C22H16N2O3/c1-14-12-16(15-6-3-2-4-7-15)10-11-19(14)21-24-23-20(27-21)17-8-5-9-18(13-17)22(25)26/h2-13H,1H3,(H,25,26). The van der Waals surface area contributed by atoms with Gasteiger partial charge in [-0.1, -0.05) is 48.5 Å². The van der Waals surface area contributed by atoms with Gasteiger partial charge in [0.05, 0.1) is 5.56 Å². The molecule has 0 amide bonds. The van der Waals surface area contributed by atoms with Crippen LogP contribution in [0, 0.1) is 6.92 Å². The van der Waals surface area contributed by atoms with Gasteiger partial charge in [-0.3, -0.25) is 0 Å². The maximum absolute atomic E-state index is 11.1. The van der Waals surface area contributed by atoms with Crippen LogP contribution in [0.1, 0.15) is 15.9 Å². The van der Waals surface area contributed by atoms with Gasteiger partial charge >= 0.3 is 5.97 Å². The number of carboxylic acids is 1. The molecule has 0 fully saturated rings. The third-order valence-corrected chi connectivity index (χ3v) is 4.35. The molecule has 3 aromatic carbocycles. The van der Waals surface area contributed by atoms with E-state index in [0.717, 1.165) is 22.3 Å². The van der Waals surface area contributed by atoms with Gasteiger partial charge in [-0.05, 0) is 47.9 Å². The molecule has 0 aliphatic heterocycles. The van der Waals surface area contributed by atoms with E-state index in [2.05, 4.69) is 28.4 Å². The minimum Gasteiger partial charge on any atom is -0.478 e. The Balaban J connectivity index is 1.67. The van der Waals surface area contributed by atoms with Crippen molar-refractivity contribution in [3.05, 3.63) is 83.9 Å². The molecule has 0 radical (unpaired) electrons. The smallest absolute Gasteiger partial charge is 0.335 e. The zero-order chi connectivity index (χ0) is 18.8. The van der Waals surface area contributed by atoms with Crippen molar-refractivity contribution >= 4 is 5.97 Å². The van der Waals surface area contributed by atoms with Crippen molar-refractivity contribution < 1.29 is 14.3 Å². The predicted octanol–water partition coefficient (Wildman–Crippen LogP) is 5.08. The van der Waals surface area contributed by atoms with Crippen LogP contribution >= 0.6 is 0 Å². The summed E-state index contributed by atoms with van der Waals surface area (Å²) in [6.45, 7) is 2.00. The highest BCUT2D eigenvalue weighted by atomic mass is 16.4. The number of aryl methyl sites for hydroxylation is 1. The Kier molecular flexibility index (Phi) is 4.26. The lowest BCUT2D eigenvalue weighted by Gasteiger charge is -2.06. The van der Waals surface area contributed by atoms with Gasteiger partial charge in [0.2, 0.25) is 11.8 Å². The Morgan fingerprint density at radius 3 is 2.30 bits per heavy atom. The zero-order valence-electron chi connectivity index (χ0n) is 14.6. The molecule has 4 rings (SSSR count). The molecular formula is C22H16N2O3.